The summed E-state index contributed by atoms with van der Waals surface area (Å²) in [5.74, 6) is 0.169. The van der Waals surface area contributed by atoms with Crippen molar-refractivity contribution in [3.05, 3.63) is 30.1 Å². The maximum Gasteiger partial charge on any atom is 0.389 e. The number of hydrogen-bond acceptors (Lipinski definition) is 2. The van der Waals surface area contributed by atoms with Gasteiger partial charge in [-0.25, -0.2) is 4.39 Å². The summed E-state index contributed by atoms with van der Waals surface area (Å²) in [6, 6.07) is 5.88. The summed E-state index contributed by atoms with van der Waals surface area (Å²) in [6.45, 7) is 2.65. The van der Waals surface area contributed by atoms with Gasteiger partial charge in [0.1, 0.15) is 5.82 Å². The molecule has 0 radical (unpaired) electrons. The highest BCUT2D eigenvalue weighted by Crippen LogP contribution is 2.25. The molecular weight excluding hydrogens is 290 g/mol. The average molecular weight is 309 g/mol. The lowest BCUT2D eigenvalue weighted by atomic mass is 10.2. The van der Waals surface area contributed by atoms with E-state index in [-0.39, 0.29) is 18.3 Å². The third-order valence-electron chi connectivity index (χ3n) is 2.71. The zero-order valence-electron chi connectivity index (χ0n) is 11.3. The molecule has 1 N–H and O–H groups in total. The van der Waals surface area contributed by atoms with Crippen molar-refractivity contribution in [2.45, 2.75) is 43.3 Å². The molecule has 1 unspecified atom stereocenters. The molecule has 0 aliphatic heterocycles. The van der Waals surface area contributed by atoms with Crippen LogP contribution in [-0.4, -0.2) is 24.5 Å². The van der Waals surface area contributed by atoms with E-state index in [0.29, 0.717) is 12.3 Å². The molecule has 1 aromatic carbocycles. The van der Waals surface area contributed by atoms with E-state index >= 15 is 0 Å². The minimum absolute atomic E-state index is 0.0474. The first-order valence-corrected chi connectivity index (χ1v) is 7.58. The van der Waals surface area contributed by atoms with E-state index in [2.05, 4.69) is 5.32 Å². The van der Waals surface area contributed by atoms with Crippen molar-refractivity contribution < 1.29 is 17.6 Å². The SMILES string of the molecule is CCCNC(CCC(F)(F)F)CSc1cccc(F)c1. The summed E-state index contributed by atoms with van der Waals surface area (Å²) in [5, 5.41) is 3.11. The van der Waals surface area contributed by atoms with E-state index in [1.54, 1.807) is 12.1 Å². The van der Waals surface area contributed by atoms with Gasteiger partial charge in [0.05, 0.1) is 0 Å². The third kappa shape index (κ3) is 7.75. The van der Waals surface area contributed by atoms with Crippen molar-refractivity contribution >= 4 is 11.8 Å². The van der Waals surface area contributed by atoms with Crippen LogP contribution >= 0.6 is 11.8 Å². The van der Waals surface area contributed by atoms with Crippen LogP contribution in [0, 0.1) is 5.82 Å². The second kappa shape index (κ2) is 8.52. The van der Waals surface area contributed by atoms with Crippen LogP contribution in [-0.2, 0) is 0 Å². The summed E-state index contributed by atoms with van der Waals surface area (Å²) in [6.07, 6.45) is -4.01. The lowest BCUT2D eigenvalue weighted by Gasteiger charge is -2.19. The van der Waals surface area contributed by atoms with Gasteiger partial charge in [0.2, 0.25) is 0 Å². The molecule has 0 bridgehead atoms. The molecule has 0 aliphatic rings. The minimum atomic E-state index is -4.13. The van der Waals surface area contributed by atoms with E-state index in [1.807, 2.05) is 6.92 Å². The maximum atomic E-state index is 13.0. The van der Waals surface area contributed by atoms with Gasteiger partial charge in [0, 0.05) is 23.1 Å². The van der Waals surface area contributed by atoms with Gasteiger partial charge in [-0.1, -0.05) is 13.0 Å². The Labute approximate surface area is 121 Å². The topological polar surface area (TPSA) is 12.0 Å². The Kier molecular flexibility index (Phi) is 7.37. The largest absolute Gasteiger partial charge is 0.389 e. The number of halogens is 4. The quantitative estimate of drug-likeness (QED) is 0.555. The van der Waals surface area contributed by atoms with Crippen LogP contribution in [0.3, 0.4) is 0 Å². The van der Waals surface area contributed by atoms with Crippen molar-refractivity contribution in [2.75, 3.05) is 12.3 Å². The van der Waals surface area contributed by atoms with E-state index in [9.17, 15) is 17.6 Å². The van der Waals surface area contributed by atoms with Crippen LogP contribution in [0.2, 0.25) is 0 Å². The molecule has 1 rings (SSSR count). The molecule has 0 spiro atoms. The Morgan fingerprint density at radius 1 is 1.30 bits per heavy atom. The fraction of sp³-hybridized carbons (Fsp3) is 0.571. The zero-order chi connectivity index (χ0) is 15.0. The molecule has 20 heavy (non-hydrogen) atoms. The van der Waals surface area contributed by atoms with Crippen LogP contribution in [0.4, 0.5) is 17.6 Å². The lowest BCUT2D eigenvalue weighted by Crippen LogP contribution is -2.33. The van der Waals surface area contributed by atoms with Gasteiger partial charge in [0.15, 0.2) is 0 Å². The Balaban J connectivity index is 2.47. The smallest absolute Gasteiger partial charge is 0.313 e. The second-order valence-corrected chi connectivity index (χ2v) is 5.67. The normalized spacial score (nSPS) is 13.4. The number of benzene rings is 1. The van der Waals surface area contributed by atoms with E-state index in [1.165, 1.54) is 23.9 Å². The molecule has 0 fully saturated rings. The molecule has 0 saturated heterocycles. The molecule has 1 nitrogen and oxygen atoms in total. The van der Waals surface area contributed by atoms with Gasteiger partial charge < -0.3 is 5.32 Å². The highest BCUT2D eigenvalue weighted by molar-refractivity contribution is 7.99. The van der Waals surface area contributed by atoms with Crippen LogP contribution in [0.5, 0.6) is 0 Å². The molecule has 0 amide bonds. The van der Waals surface area contributed by atoms with Gasteiger partial charge in [-0.2, -0.15) is 13.2 Å². The summed E-state index contributed by atoms with van der Waals surface area (Å²) >= 11 is 1.37. The Hall–Kier alpha value is -0.750. The van der Waals surface area contributed by atoms with Crippen LogP contribution in [0.15, 0.2) is 29.2 Å². The predicted octanol–water partition coefficient (Wildman–Crippen LogP) is 4.63. The molecule has 6 heteroatoms. The fourth-order valence-electron chi connectivity index (χ4n) is 1.68. The van der Waals surface area contributed by atoms with E-state index < -0.39 is 12.6 Å². The zero-order valence-corrected chi connectivity index (χ0v) is 12.2. The summed E-state index contributed by atoms with van der Waals surface area (Å²) in [7, 11) is 0. The molecule has 0 saturated carbocycles. The Morgan fingerprint density at radius 2 is 2.05 bits per heavy atom. The van der Waals surface area contributed by atoms with Gasteiger partial charge >= 0.3 is 6.18 Å². The number of rotatable bonds is 8. The molecule has 1 aromatic rings. The molecule has 0 heterocycles. The number of thioether (sulfide) groups is 1. The van der Waals surface area contributed by atoms with Crippen LogP contribution < -0.4 is 5.32 Å². The van der Waals surface area contributed by atoms with E-state index in [0.717, 1.165) is 11.3 Å². The average Bonchev–Trinajstić information content (AvgIpc) is 2.37. The van der Waals surface area contributed by atoms with Gasteiger partial charge in [0.25, 0.3) is 0 Å². The first-order chi connectivity index (χ1) is 9.40. The summed E-state index contributed by atoms with van der Waals surface area (Å²) in [5.41, 5.74) is 0. The number of alkyl halides is 3. The van der Waals surface area contributed by atoms with E-state index in [4.69, 9.17) is 0 Å². The van der Waals surface area contributed by atoms with Gasteiger partial charge in [-0.3, -0.25) is 0 Å². The molecule has 0 aliphatic carbocycles. The Morgan fingerprint density at radius 3 is 2.65 bits per heavy atom. The Bertz CT molecular complexity index is 395. The second-order valence-electron chi connectivity index (χ2n) is 4.57. The monoisotopic (exact) mass is 309 g/mol. The van der Waals surface area contributed by atoms with Crippen molar-refractivity contribution in [1.29, 1.82) is 0 Å². The van der Waals surface area contributed by atoms with Gasteiger partial charge in [-0.15, -0.1) is 11.8 Å². The van der Waals surface area contributed by atoms with Gasteiger partial charge in [-0.05, 0) is 37.6 Å². The standard InChI is InChI=1S/C14H19F4NS/c1-2-8-19-12(6-7-14(16,17)18)10-20-13-5-3-4-11(15)9-13/h3-5,9,12,19H,2,6-8,10H2,1H3. The maximum absolute atomic E-state index is 13.0. The minimum Gasteiger partial charge on any atom is -0.313 e. The number of nitrogens with one attached hydrogen (secondary N) is 1. The predicted molar refractivity (Wildman–Crippen MR) is 74.5 cm³/mol. The first kappa shape index (κ1) is 17.3. The number of hydrogen-bond donors (Lipinski definition) is 1. The van der Waals surface area contributed by atoms with Crippen molar-refractivity contribution in [3.63, 3.8) is 0 Å². The fourth-order valence-corrected chi connectivity index (χ4v) is 2.73. The molecule has 1 atom stereocenters. The molecule has 0 aromatic heterocycles. The highest BCUT2D eigenvalue weighted by atomic mass is 32.2. The third-order valence-corrected chi connectivity index (χ3v) is 3.86. The van der Waals surface area contributed by atoms with Crippen molar-refractivity contribution in [3.8, 4) is 0 Å². The summed E-state index contributed by atoms with van der Waals surface area (Å²) < 4.78 is 49.8. The van der Waals surface area contributed by atoms with Crippen molar-refractivity contribution in [1.82, 2.24) is 5.32 Å². The first-order valence-electron chi connectivity index (χ1n) is 6.59. The van der Waals surface area contributed by atoms with Crippen LogP contribution in [0.1, 0.15) is 26.2 Å². The molecule has 114 valence electrons. The lowest BCUT2D eigenvalue weighted by molar-refractivity contribution is -0.136. The molecular formula is C14H19F4NS. The summed E-state index contributed by atoms with van der Waals surface area (Å²) in [4.78, 5) is 0.736. The van der Waals surface area contributed by atoms with Crippen LogP contribution in [0.25, 0.3) is 0 Å². The van der Waals surface area contributed by atoms with Crippen molar-refractivity contribution in [2.24, 2.45) is 0 Å². The highest BCUT2D eigenvalue weighted by Gasteiger charge is 2.28.